The second kappa shape index (κ2) is 12.3. The van der Waals surface area contributed by atoms with E-state index in [2.05, 4.69) is 0 Å². The van der Waals surface area contributed by atoms with Gasteiger partial charge in [0.25, 0.3) is 5.91 Å². The van der Waals surface area contributed by atoms with Gasteiger partial charge in [-0.05, 0) is 42.5 Å². The summed E-state index contributed by atoms with van der Waals surface area (Å²) in [5, 5.41) is 0. The van der Waals surface area contributed by atoms with Crippen LogP contribution >= 0.6 is 0 Å². The highest BCUT2D eigenvalue weighted by molar-refractivity contribution is 5.88. The van der Waals surface area contributed by atoms with Gasteiger partial charge in [0.15, 0.2) is 6.10 Å². The number of ether oxygens (including phenoxy) is 3. The average molecular weight is 514 g/mol. The van der Waals surface area contributed by atoms with Crippen molar-refractivity contribution in [2.45, 2.75) is 70.4 Å². The van der Waals surface area contributed by atoms with Gasteiger partial charge in [-0.1, -0.05) is 85.6 Å². The van der Waals surface area contributed by atoms with Crippen molar-refractivity contribution in [3.8, 4) is 5.75 Å². The number of benzene rings is 3. The van der Waals surface area contributed by atoms with Gasteiger partial charge in [-0.3, -0.25) is 4.79 Å². The standard InChI is InChI=1S/C32H35NO5/c1-2-36-32(35)28-20-27-25(16-11-19-29(27)37-22-23-12-5-3-6-13-23)21-33(28)31(34)30(24-14-7-4-8-15-24)38-26-17-9-10-18-26/h3-8,11-16,19,26,28,30H,2,9-10,17-18,20-22H2,1H3. The molecule has 2 aliphatic rings. The third-order valence-electron chi connectivity index (χ3n) is 7.38. The Morgan fingerprint density at radius 2 is 1.63 bits per heavy atom. The lowest BCUT2D eigenvalue weighted by atomic mass is 9.92. The van der Waals surface area contributed by atoms with Gasteiger partial charge >= 0.3 is 5.97 Å². The highest BCUT2D eigenvalue weighted by Crippen LogP contribution is 2.35. The summed E-state index contributed by atoms with van der Waals surface area (Å²) in [5.74, 6) is 0.119. The fraction of sp³-hybridized carbons (Fsp3) is 0.375. The molecule has 2 atom stereocenters. The molecule has 3 aromatic carbocycles. The summed E-state index contributed by atoms with van der Waals surface area (Å²) in [4.78, 5) is 29.0. The average Bonchev–Trinajstić information content (AvgIpc) is 3.48. The third-order valence-corrected chi connectivity index (χ3v) is 7.38. The van der Waals surface area contributed by atoms with E-state index in [0.717, 1.165) is 53.7 Å². The Morgan fingerprint density at radius 1 is 0.921 bits per heavy atom. The van der Waals surface area contributed by atoms with E-state index in [9.17, 15) is 9.59 Å². The van der Waals surface area contributed by atoms with Crippen molar-refractivity contribution in [1.82, 2.24) is 4.90 Å². The van der Waals surface area contributed by atoms with Crippen LogP contribution in [0.2, 0.25) is 0 Å². The highest BCUT2D eigenvalue weighted by Gasteiger charge is 2.41. The molecule has 0 saturated heterocycles. The van der Waals surface area contributed by atoms with Crippen LogP contribution in [0.4, 0.5) is 0 Å². The predicted molar refractivity (Wildman–Crippen MR) is 144 cm³/mol. The quantitative estimate of drug-likeness (QED) is 0.339. The van der Waals surface area contributed by atoms with E-state index in [0.29, 0.717) is 13.0 Å². The Bertz CT molecular complexity index is 1220. The lowest BCUT2D eigenvalue weighted by molar-refractivity contribution is -0.163. The number of carbonyl (C=O) groups excluding carboxylic acids is 2. The van der Waals surface area contributed by atoms with E-state index >= 15 is 0 Å². The molecule has 0 radical (unpaired) electrons. The van der Waals surface area contributed by atoms with Gasteiger partial charge in [-0.15, -0.1) is 0 Å². The van der Waals surface area contributed by atoms with Crippen molar-refractivity contribution in [2.24, 2.45) is 0 Å². The number of rotatable bonds is 9. The predicted octanol–water partition coefficient (Wildman–Crippen LogP) is 5.78. The lowest BCUT2D eigenvalue weighted by Crippen LogP contribution is -2.51. The summed E-state index contributed by atoms with van der Waals surface area (Å²) in [6.07, 6.45) is 3.71. The summed E-state index contributed by atoms with van der Waals surface area (Å²) >= 11 is 0. The van der Waals surface area contributed by atoms with Crippen LogP contribution in [0.1, 0.15) is 61.0 Å². The molecule has 198 valence electrons. The van der Waals surface area contributed by atoms with Gasteiger partial charge in [0, 0.05) is 18.5 Å². The molecule has 0 spiro atoms. The molecule has 2 unspecified atom stereocenters. The number of hydrogen-bond acceptors (Lipinski definition) is 5. The van der Waals surface area contributed by atoms with Gasteiger partial charge in [0.05, 0.1) is 12.7 Å². The largest absolute Gasteiger partial charge is 0.489 e. The van der Waals surface area contributed by atoms with E-state index in [1.165, 1.54) is 0 Å². The molecule has 1 amide bonds. The van der Waals surface area contributed by atoms with Crippen molar-refractivity contribution in [2.75, 3.05) is 6.61 Å². The zero-order chi connectivity index (χ0) is 26.3. The first-order chi connectivity index (χ1) is 18.6. The minimum Gasteiger partial charge on any atom is -0.489 e. The first-order valence-electron chi connectivity index (χ1n) is 13.6. The van der Waals surface area contributed by atoms with Gasteiger partial charge in [0.1, 0.15) is 18.4 Å². The summed E-state index contributed by atoms with van der Waals surface area (Å²) in [5.41, 5.74) is 3.78. The molecule has 5 rings (SSSR count). The first kappa shape index (κ1) is 26.0. The second-order valence-electron chi connectivity index (χ2n) is 9.94. The van der Waals surface area contributed by atoms with Crippen LogP contribution in [-0.4, -0.2) is 35.5 Å². The van der Waals surface area contributed by atoms with Crippen LogP contribution in [0.3, 0.4) is 0 Å². The van der Waals surface area contributed by atoms with E-state index in [4.69, 9.17) is 14.2 Å². The number of esters is 1. The fourth-order valence-electron chi connectivity index (χ4n) is 5.41. The summed E-state index contributed by atoms with van der Waals surface area (Å²) in [6.45, 7) is 2.75. The Kier molecular flexibility index (Phi) is 8.39. The van der Waals surface area contributed by atoms with Gasteiger partial charge in [0.2, 0.25) is 0 Å². The Hall–Kier alpha value is -3.64. The summed E-state index contributed by atoms with van der Waals surface area (Å²) in [6, 6.07) is 24.7. The molecule has 1 aliphatic heterocycles. The molecular formula is C32H35NO5. The molecule has 1 saturated carbocycles. The van der Waals surface area contributed by atoms with Gasteiger partial charge in [-0.25, -0.2) is 4.79 Å². The summed E-state index contributed by atoms with van der Waals surface area (Å²) < 4.78 is 18.1. The van der Waals surface area contributed by atoms with Gasteiger partial charge in [-0.2, -0.15) is 0 Å². The van der Waals surface area contributed by atoms with E-state index in [-0.39, 0.29) is 25.2 Å². The van der Waals surface area contributed by atoms with Crippen LogP contribution in [0.5, 0.6) is 5.75 Å². The maximum Gasteiger partial charge on any atom is 0.329 e. The fourth-order valence-corrected chi connectivity index (χ4v) is 5.41. The molecule has 3 aromatic rings. The summed E-state index contributed by atoms with van der Waals surface area (Å²) in [7, 11) is 0. The number of hydrogen-bond donors (Lipinski definition) is 0. The van der Waals surface area contributed by atoms with Crippen molar-refractivity contribution >= 4 is 11.9 Å². The maximum absolute atomic E-state index is 14.2. The van der Waals surface area contributed by atoms with Crippen molar-refractivity contribution in [1.29, 1.82) is 0 Å². The smallest absolute Gasteiger partial charge is 0.329 e. The van der Waals surface area contributed by atoms with Crippen molar-refractivity contribution < 1.29 is 23.8 Å². The zero-order valence-electron chi connectivity index (χ0n) is 21.9. The van der Waals surface area contributed by atoms with Crippen LogP contribution in [-0.2, 0) is 38.6 Å². The van der Waals surface area contributed by atoms with Crippen molar-refractivity contribution in [3.63, 3.8) is 0 Å². The van der Waals surface area contributed by atoms with E-state index in [1.807, 2.05) is 78.9 Å². The van der Waals surface area contributed by atoms with E-state index in [1.54, 1.807) is 11.8 Å². The molecule has 1 aliphatic carbocycles. The molecule has 0 bridgehead atoms. The molecule has 6 nitrogen and oxygen atoms in total. The van der Waals surface area contributed by atoms with E-state index < -0.39 is 18.1 Å². The molecule has 0 aromatic heterocycles. The Morgan fingerprint density at radius 3 is 2.34 bits per heavy atom. The maximum atomic E-state index is 14.2. The monoisotopic (exact) mass is 513 g/mol. The number of nitrogens with zero attached hydrogens (tertiary/aromatic N) is 1. The lowest BCUT2D eigenvalue weighted by Gasteiger charge is -2.38. The van der Waals surface area contributed by atoms with Crippen LogP contribution in [0, 0.1) is 0 Å². The van der Waals surface area contributed by atoms with Gasteiger partial charge < -0.3 is 19.1 Å². The highest BCUT2D eigenvalue weighted by atomic mass is 16.5. The van der Waals surface area contributed by atoms with Crippen LogP contribution in [0.25, 0.3) is 0 Å². The molecular weight excluding hydrogens is 478 g/mol. The minimum atomic E-state index is -0.768. The number of amides is 1. The number of carbonyl (C=O) groups is 2. The third kappa shape index (κ3) is 5.91. The SMILES string of the molecule is CCOC(=O)C1Cc2c(cccc2OCc2ccccc2)CN1C(=O)C(OC1CCCC1)c1ccccc1. The van der Waals surface area contributed by atoms with Crippen LogP contribution < -0.4 is 4.74 Å². The minimum absolute atomic E-state index is 0.0419. The first-order valence-corrected chi connectivity index (χ1v) is 13.6. The zero-order valence-corrected chi connectivity index (χ0v) is 21.9. The molecule has 1 heterocycles. The van der Waals surface area contributed by atoms with Crippen molar-refractivity contribution in [3.05, 3.63) is 101 Å². The Labute approximate surface area is 224 Å². The molecule has 0 N–H and O–H groups in total. The Balaban J connectivity index is 1.44. The number of fused-ring (bicyclic) bond motifs is 1. The molecule has 38 heavy (non-hydrogen) atoms. The second-order valence-corrected chi connectivity index (χ2v) is 9.94. The molecule has 6 heteroatoms. The normalized spacial score (nSPS) is 18.0. The topological polar surface area (TPSA) is 65.1 Å². The van der Waals surface area contributed by atoms with Crippen LogP contribution in [0.15, 0.2) is 78.9 Å². The molecule has 1 fully saturated rings.